The van der Waals surface area contributed by atoms with Gasteiger partial charge < -0.3 is 10.6 Å². The van der Waals surface area contributed by atoms with Crippen molar-refractivity contribution in [3.63, 3.8) is 0 Å². The Morgan fingerprint density at radius 2 is 1.62 bits per heavy atom. The van der Waals surface area contributed by atoms with Crippen molar-refractivity contribution in [3.8, 4) is 0 Å². The predicted octanol–water partition coefficient (Wildman–Crippen LogP) is 5.07. The molecule has 3 nitrogen and oxygen atoms in total. The van der Waals surface area contributed by atoms with E-state index in [1.165, 1.54) is 5.56 Å². The van der Waals surface area contributed by atoms with Crippen molar-refractivity contribution in [3.05, 3.63) is 59.2 Å². The van der Waals surface area contributed by atoms with Crippen LogP contribution in [0.3, 0.4) is 0 Å². The van der Waals surface area contributed by atoms with Gasteiger partial charge in [0.1, 0.15) is 0 Å². The Hall–Kier alpha value is -2.29. The van der Waals surface area contributed by atoms with Crippen molar-refractivity contribution in [2.75, 3.05) is 10.6 Å². The minimum Gasteiger partial charge on any atom is -0.308 e. The maximum atomic E-state index is 12.2. The summed E-state index contributed by atoms with van der Waals surface area (Å²) in [5.74, 6) is 0.361. The molecule has 0 saturated carbocycles. The molecule has 0 fully saturated rings. The van der Waals surface area contributed by atoms with E-state index in [0.717, 1.165) is 22.5 Å². The minimum atomic E-state index is -0.213. The van der Waals surface area contributed by atoms with Crippen LogP contribution in [0.2, 0.25) is 0 Å². The van der Waals surface area contributed by atoms with Crippen molar-refractivity contribution in [2.24, 2.45) is 0 Å². The Morgan fingerprint density at radius 3 is 2.24 bits per heavy atom. The van der Waals surface area contributed by atoms with Crippen LogP contribution in [0.4, 0.5) is 16.2 Å². The average molecular weight is 282 g/mol. The Morgan fingerprint density at radius 1 is 0.952 bits per heavy atom. The van der Waals surface area contributed by atoms with Crippen LogP contribution in [0.25, 0.3) is 0 Å². The van der Waals surface area contributed by atoms with Gasteiger partial charge in [-0.15, -0.1) is 0 Å². The second-order valence-corrected chi connectivity index (χ2v) is 5.64. The summed E-state index contributed by atoms with van der Waals surface area (Å²) in [6.45, 7) is 8.27. The molecular weight excluding hydrogens is 260 g/mol. The van der Waals surface area contributed by atoms with Gasteiger partial charge in [-0.25, -0.2) is 4.79 Å². The maximum absolute atomic E-state index is 12.2. The molecule has 0 atom stereocenters. The molecule has 0 spiro atoms. The molecule has 0 heterocycles. The summed E-state index contributed by atoms with van der Waals surface area (Å²) in [4.78, 5) is 12.2. The van der Waals surface area contributed by atoms with Crippen molar-refractivity contribution >= 4 is 17.4 Å². The van der Waals surface area contributed by atoms with E-state index in [0.29, 0.717) is 5.92 Å². The molecule has 2 aromatic carbocycles. The van der Waals surface area contributed by atoms with Gasteiger partial charge in [-0.1, -0.05) is 49.7 Å². The summed E-state index contributed by atoms with van der Waals surface area (Å²) in [7, 11) is 0. The summed E-state index contributed by atoms with van der Waals surface area (Å²) >= 11 is 0. The zero-order chi connectivity index (χ0) is 15.4. The van der Waals surface area contributed by atoms with Gasteiger partial charge in [0.25, 0.3) is 0 Å². The third kappa shape index (κ3) is 3.85. The lowest BCUT2D eigenvalue weighted by molar-refractivity contribution is 0.262. The number of urea groups is 1. The van der Waals surface area contributed by atoms with Crippen LogP contribution in [-0.4, -0.2) is 6.03 Å². The Labute approximate surface area is 126 Å². The number of para-hydroxylation sites is 1. The highest BCUT2D eigenvalue weighted by Gasteiger charge is 2.11. The number of hydrogen-bond acceptors (Lipinski definition) is 1. The molecule has 110 valence electrons. The van der Waals surface area contributed by atoms with Crippen LogP contribution in [-0.2, 0) is 0 Å². The summed E-state index contributed by atoms with van der Waals surface area (Å²) in [5.41, 5.74) is 5.08. The highest BCUT2D eigenvalue weighted by Crippen LogP contribution is 2.27. The highest BCUT2D eigenvalue weighted by atomic mass is 16.2. The summed E-state index contributed by atoms with van der Waals surface area (Å²) < 4.78 is 0. The first-order chi connectivity index (χ1) is 9.97. The van der Waals surface area contributed by atoms with E-state index in [-0.39, 0.29) is 6.03 Å². The maximum Gasteiger partial charge on any atom is 0.323 e. The monoisotopic (exact) mass is 282 g/mol. The van der Waals surface area contributed by atoms with Crippen LogP contribution in [0.1, 0.15) is 36.5 Å². The van der Waals surface area contributed by atoms with Gasteiger partial charge in [-0.3, -0.25) is 0 Å². The van der Waals surface area contributed by atoms with Gasteiger partial charge in [-0.2, -0.15) is 0 Å². The molecule has 0 unspecified atom stereocenters. The fraction of sp³-hybridized carbons (Fsp3) is 0.278. The van der Waals surface area contributed by atoms with E-state index in [2.05, 4.69) is 30.5 Å². The first-order valence-electron chi connectivity index (χ1n) is 7.21. The van der Waals surface area contributed by atoms with Crippen LogP contribution in [0, 0.1) is 13.8 Å². The molecule has 21 heavy (non-hydrogen) atoms. The Kier molecular flexibility index (Phi) is 4.63. The zero-order valence-corrected chi connectivity index (χ0v) is 13.0. The van der Waals surface area contributed by atoms with Gasteiger partial charge in [0.2, 0.25) is 0 Å². The molecule has 0 aromatic heterocycles. The van der Waals surface area contributed by atoms with E-state index in [1.807, 2.05) is 50.2 Å². The van der Waals surface area contributed by atoms with Gasteiger partial charge in [0.15, 0.2) is 0 Å². The molecular formula is C18H22N2O. The normalized spacial score (nSPS) is 10.5. The SMILES string of the molecule is Cc1ccc(NC(=O)Nc2c(C)cccc2C(C)C)cc1. The number of anilines is 2. The molecule has 0 aliphatic carbocycles. The molecule has 0 aliphatic rings. The minimum absolute atomic E-state index is 0.213. The second-order valence-electron chi connectivity index (χ2n) is 5.64. The number of carbonyl (C=O) groups excluding carboxylic acids is 1. The number of carbonyl (C=O) groups is 1. The smallest absolute Gasteiger partial charge is 0.308 e. The van der Waals surface area contributed by atoms with E-state index in [1.54, 1.807) is 0 Å². The lowest BCUT2D eigenvalue weighted by Gasteiger charge is -2.16. The van der Waals surface area contributed by atoms with Crippen molar-refractivity contribution < 1.29 is 4.79 Å². The molecule has 3 heteroatoms. The quantitative estimate of drug-likeness (QED) is 0.810. The van der Waals surface area contributed by atoms with Crippen LogP contribution >= 0.6 is 0 Å². The average Bonchev–Trinajstić information content (AvgIpc) is 2.43. The van der Waals surface area contributed by atoms with Gasteiger partial charge >= 0.3 is 6.03 Å². The summed E-state index contributed by atoms with van der Waals surface area (Å²) in [6.07, 6.45) is 0. The standard InChI is InChI=1S/C18H22N2O/c1-12(2)16-7-5-6-14(4)17(16)20-18(21)19-15-10-8-13(3)9-11-15/h5-12H,1-4H3,(H2,19,20,21). The predicted molar refractivity (Wildman–Crippen MR) is 89.1 cm³/mol. The van der Waals surface area contributed by atoms with Gasteiger partial charge in [0, 0.05) is 11.4 Å². The van der Waals surface area contributed by atoms with E-state index in [9.17, 15) is 4.79 Å². The fourth-order valence-corrected chi connectivity index (χ4v) is 2.26. The molecule has 0 bridgehead atoms. The molecule has 2 amide bonds. The largest absolute Gasteiger partial charge is 0.323 e. The lowest BCUT2D eigenvalue weighted by atomic mass is 9.98. The zero-order valence-electron chi connectivity index (χ0n) is 13.0. The van der Waals surface area contributed by atoms with Crippen molar-refractivity contribution in [1.29, 1.82) is 0 Å². The number of amides is 2. The lowest BCUT2D eigenvalue weighted by Crippen LogP contribution is -2.21. The number of aryl methyl sites for hydroxylation is 2. The molecule has 0 saturated heterocycles. The van der Waals surface area contributed by atoms with Crippen LogP contribution in [0.5, 0.6) is 0 Å². The van der Waals surface area contributed by atoms with Gasteiger partial charge in [-0.05, 0) is 43.0 Å². The number of benzene rings is 2. The second kappa shape index (κ2) is 6.44. The summed E-state index contributed by atoms with van der Waals surface area (Å²) in [6, 6.07) is 13.6. The van der Waals surface area contributed by atoms with Crippen molar-refractivity contribution in [2.45, 2.75) is 33.6 Å². The highest BCUT2D eigenvalue weighted by molar-refractivity contribution is 6.00. The topological polar surface area (TPSA) is 41.1 Å². The first-order valence-corrected chi connectivity index (χ1v) is 7.21. The number of rotatable bonds is 3. The van der Waals surface area contributed by atoms with Gasteiger partial charge in [0.05, 0.1) is 0 Å². The molecule has 2 aromatic rings. The van der Waals surface area contributed by atoms with E-state index in [4.69, 9.17) is 0 Å². The third-order valence-corrected chi connectivity index (χ3v) is 3.47. The van der Waals surface area contributed by atoms with E-state index < -0.39 is 0 Å². The van der Waals surface area contributed by atoms with Crippen molar-refractivity contribution in [1.82, 2.24) is 0 Å². The first kappa shape index (κ1) is 15.1. The van der Waals surface area contributed by atoms with Crippen LogP contribution in [0.15, 0.2) is 42.5 Å². The third-order valence-electron chi connectivity index (χ3n) is 3.47. The Bertz CT molecular complexity index is 630. The van der Waals surface area contributed by atoms with Crippen LogP contribution < -0.4 is 10.6 Å². The number of nitrogens with one attached hydrogen (secondary N) is 2. The number of hydrogen-bond donors (Lipinski definition) is 2. The molecule has 0 aliphatic heterocycles. The molecule has 2 rings (SSSR count). The molecule has 0 radical (unpaired) electrons. The Balaban J connectivity index is 2.14. The summed E-state index contributed by atoms with van der Waals surface area (Å²) in [5, 5.41) is 5.83. The van der Waals surface area contributed by atoms with E-state index >= 15 is 0 Å². The molecule has 2 N–H and O–H groups in total. The fourth-order valence-electron chi connectivity index (χ4n) is 2.26.